The van der Waals surface area contributed by atoms with Crippen molar-refractivity contribution in [3.05, 3.63) is 18.3 Å². The third-order valence-corrected chi connectivity index (χ3v) is 2.55. The Hall–Kier alpha value is -1.25. The fourth-order valence-electron chi connectivity index (χ4n) is 1.50. The van der Waals surface area contributed by atoms with Crippen LogP contribution in [0.3, 0.4) is 0 Å². The number of nitrogens with two attached hydrogens (primary N) is 1. The van der Waals surface area contributed by atoms with Gasteiger partial charge in [0.05, 0.1) is 5.69 Å². The second kappa shape index (κ2) is 3.24. The molecule has 0 saturated heterocycles. The van der Waals surface area contributed by atoms with Crippen LogP contribution in [0.25, 0.3) is 0 Å². The maximum Gasteiger partial charge on any atom is 0.146 e. The van der Waals surface area contributed by atoms with Crippen LogP contribution in [0.5, 0.6) is 0 Å². The summed E-state index contributed by atoms with van der Waals surface area (Å²) in [6.45, 7) is 2.20. The van der Waals surface area contributed by atoms with Crippen LogP contribution in [0.1, 0.15) is 19.8 Å². The van der Waals surface area contributed by atoms with Crippen molar-refractivity contribution in [2.75, 3.05) is 11.1 Å². The molecule has 0 radical (unpaired) electrons. The van der Waals surface area contributed by atoms with Crippen LogP contribution < -0.4 is 11.1 Å². The van der Waals surface area contributed by atoms with E-state index < -0.39 is 0 Å². The molecule has 0 aromatic carbocycles. The first-order valence-electron chi connectivity index (χ1n) is 4.74. The summed E-state index contributed by atoms with van der Waals surface area (Å²) in [5, 5.41) is 3.38. The van der Waals surface area contributed by atoms with Gasteiger partial charge in [-0.05, 0) is 37.8 Å². The summed E-state index contributed by atoms with van der Waals surface area (Å²) in [6.07, 6.45) is 4.39. The Morgan fingerprint density at radius 3 is 3.00 bits per heavy atom. The molecule has 1 saturated carbocycles. The number of pyridine rings is 1. The summed E-state index contributed by atoms with van der Waals surface area (Å²) in [6, 6.07) is 4.39. The van der Waals surface area contributed by atoms with Gasteiger partial charge in [0.1, 0.15) is 5.82 Å². The first-order valence-corrected chi connectivity index (χ1v) is 4.74. The second-order valence-corrected chi connectivity index (χ2v) is 3.71. The van der Waals surface area contributed by atoms with Crippen LogP contribution in [-0.4, -0.2) is 11.0 Å². The van der Waals surface area contributed by atoms with Crippen LogP contribution in [0.2, 0.25) is 0 Å². The molecule has 1 unspecified atom stereocenters. The molecular formula is C10H15N3. The molecule has 1 heterocycles. The molecule has 3 N–H and O–H groups in total. The van der Waals surface area contributed by atoms with E-state index in [-0.39, 0.29) is 0 Å². The Morgan fingerprint density at radius 1 is 1.62 bits per heavy atom. The van der Waals surface area contributed by atoms with Crippen molar-refractivity contribution in [1.82, 2.24) is 4.98 Å². The third-order valence-electron chi connectivity index (χ3n) is 2.55. The van der Waals surface area contributed by atoms with Crippen LogP contribution in [0.4, 0.5) is 11.5 Å². The van der Waals surface area contributed by atoms with Crippen molar-refractivity contribution in [3.8, 4) is 0 Å². The molecule has 1 aliphatic carbocycles. The number of nitrogens with one attached hydrogen (secondary N) is 1. The van der Waals surface area contributed by atoms with Gasteiger partial charge in [-0.15, -0.1) is 0 Å². The van der Waals surface area contributed by atoms with E-state index in [2.05, 4.69) is 17.2 Å². The highest BCUT2D eigenvalue weighted by atomic mass is 15.0. The largest absolute Gasteiger partial charge is 0.382 e. The number of anilines is 2. The highest BCUT2D eigenvalue weighted by molar-refractivity contribution is 5.61. The van der Waals surface area contributed by atoms with Crippen LogP contribution >= 0.6 is 0 Å². The van der Waals surface area contributed by atoms with E-state index in [0.717, 1.165) is 11.6 Å². The van der Waals surface area contributed by atoms with Crippen LogP contribution in [0, 0.1) is 5.92 Å². The zero-order valence-electron chi connectivity index (χ0n) is 7.83. The Bertz CT molecular complexity index is 294. The van der Waals surface area contributed by atoms with E-state index in [1.165, 1.54) is 12.8 Å². The quantitative estimate of drug-likeness (QED) is 0.741. The van der Waals surface area contributed by atoms with E-state index >= 15 is 0 Å². The molecule has 2 rings (SSSR count). The van der Waals surface area contributed by atoms with Gasteiger partial charge < -0.3 is 11.1 Å². The summed E-state index contributed by atoms with van der Waals surface area (Å²) < 4.78 is 0. The molecule has 1 fully saturated rings. The number of hydrogen-bond acceptors (Lipinski definition) is 3. The predicted molar refractivity (Wildman–Crippen MR) is 54.5 cm³/mol. The highest BCUT2D eigenvalue weighted by Crippen LogP contribution is 2.34. The number of nitrogens with zero attached hydrogens (tertiary/aromatic N) is 1. The van der Waals surface area contributed by atoms with Crippen LogP contribution in [-0.2, 0) is 0 Å². The van der Waals surface area contributed by atoms with Crippen molar-refractivity contribution in [1.29, 1.82) is 0 Å². The van der Waals surface area contributed by atoms with Gasteiger partial charge in [-0.25, -0.2) is 4.98 Å². The van der Waals surface area contributed by atoms with Gasteiger partial charge in [-0.2, -0.15) is 0 Å². The lowest BCUT2D eigenvalue weighted by atomic mass is 10.2. The van der Waals surface area contributed by atoms with Crippen molar-refractivity contribution in [2.24, 2.45) is 5.92 Å². The molecule has 3 nitrogen and oxygen atoms in total. The Labute approximate surface area is 78.4 Å². The molecule has 1 atom stereocenters. The summed E-state index contributed by atoms with van der Waals surface area (Å²) in [5.41, 5.74) is 6.68. The Balaban J connectivity index is 2.03. The summed E-state index contributed by atoms with van der Waals surface area (Å²) >= 11 is 0. The van der Waals surface area contributed by atoms with E-state index in [0.29, 0.717) is 11.9 Å². The van der Waals surface area contributed by atoms with E-state index in [1.54, 1.807) is 6.20 Å². The van der Waals surface area contributed by atoms with Crippen molar-refractivity contribution in [3.63, 3.8) is 0 Å². The molecule has 0 bridgehead atoms. The second-order valence-electron chi connectivity index (χ2n) is 3.71. The molecule has 70 valence electrons. The van der Waals surface area contributed by atoms with Crippen molar-refractivity contribution in [2.45, 2.75) is 25.8 Å². The zero-order chi connectivity index (χ0) is 9.26. The van der Waals surface area contributed by atoms with Crippen LogP contribution in [0.15, 0.2) is 18.3 Å². The van der Waals surface area contributed by atoms with Crippen molar-refractivity contribution < 1.29 is 0 Å². The molecule has 3 heteroatoms. The average molecular weight is 177 g/mol. The monoisotopic (exact) mass is 177 g/mol. The van der Waals surface area contributed by atoms with Crippen molar-refractivity contribution >= 4 is 11.5 Å². The number of nitrogen functional groups attached to an aromatic ring is 1. The molecule has 0 amide bonds. The maximum atomic E-state index is 5.72. The normalized spacial score (nSPS) is 18.2. The minimum Gasteiger partial charge on any atom is -0.382 e. The molecule has 0 aliphatic heterocycles. The van der Waals surface area contributed by atoms with Gasteiger partial charge in [-0.1, -0.05) is 0 Å². The molecule has 1 aromatic heterocycles. The number of rotatable bonds is 3. The van der Waals surface area contributed by atoms with Gasteiger partial charge in [-0.3, -0.25) is 0 Å². The summed E-state index contributed by atoms with van der Waals surface area (Å²) in [5.74, 6) is 1.43. The minimum absolute atomic E-state index is 0.520. The van der Waals surface area contributed by atoms with E-state index in [4.69, 9.17) is 5.73 Å². The molecular weight excluding hydrogens is 162 g/mol. The van der Waals surface area contributed by atoms with E-state index in [9.17, 15) is 0 Å². The lowest BCUT2D eigenvalue weighted by molar-refractivity contribution is 0.694. The van der Waals surface area contributed by atoms with Gasteiger partial charge in [0.2, 0.25) is 0 Å². The van der Waals surface area contributed by atoms with Gasteiger partial charge >= 0.3 is 0 Å². The first kappa shape index (κ1) is 8.35. The topological polar surface area (TPSA) is 50.9 Å². The standard InChI is InChI=1S/C10H15N3/c1-7(8-4-5-8)13-9-3-2-6-12-10(9)11/h2-3,6-8,13H,4-5H2,1H3,(H2,11,12). The fourth-order valence-corrected chi connectivity index (χ4v) is 1.50. The SMILES string of the molecule is CC(Nc1cccnc1N)C1CC1. The lowest BCUT2D eigenvalue weighted by Crippen LogP contribution is -2.18. The third kappa shape index (κ3) is 1.91. The average Bonchev–Trinajstić information content (AvgIpc) is 2.91. The smallest absolute Gasteiger partial charge is 0.146 e. The van der Waals surface area contributed by atoms with Gasteiger partial charge in [0.15, 0.2) is 0 Å². The van der Waals surface area contributed by atoms with Gasteiger partial charge in [0.25, 0.3) is 0 Å². The van der Waals surface area contributed by atoms with Gasteiger partial charge in [0, 0.05) is 12.2 Å². The Morgan fingerprint density at radius 2 is 2.38 bits per heavy atom. The highest BCUT2D eigenvalue weighted by Gasteiger charge is 2.27. The Kier molecular flexibility index (Phi) is 2.08. The lowest BCUT2D eigenvalue weighted by Gasteiger charge is -2.14. The number of aromatic nitrogens is 1. The predicted octanol–water partition coefficient (Wildman–Crippen LogP) is 1.87. The van der Waals surface area contributed by atoms with E-state index in [1.807, 2.05) is 12.1 Å². The molecule has 13 heavy (non-hydrogen) atoms. The number of hydrogen-bond donors (Lipinski definition) is 2. The molecule has 0 spiro atoms. The minimum atomic E-state index is 0.520. The first-order chi connectivity index (χ1) is 6.27. The fraction of sp³-hybridized carbons (Fsp3) is 0.500. The maximum absolute atomic E-state index is 5.72. The molecule has 1 aromatic rings. The summed E-state index contributed by atoms with van der Waals surface area (Å²) in [4.78, 5) is 4.03. The molecule has 1 aliphatic rings. The zero-order valence-corrected chi connectivity index (χ0v) is 7.83. The summed E-state index contributed by atoms with van der Waals surface area (Å²) in [7, 11) is 0.